The fourth-order valence-electron chi connectivity index (χ4n) is 0.934. The first-order valence-corrected chi connectivity index (χ1v) is 6.68. The van der Waals surface area contributed by atoms with Crippen molar-refractivity contribution in [1.29, 1.82) is 0 Å². The summed E-state index contributed by atoms with van der Waals surface area (Å²) in [4.78, 5) is 3.66. The second kappa shape index (κ2) is 9.19. The van der Waals surface area contributed by atoms with E-state index in [0.29, 0.717) is 5.69 Å². The van der Waals surface area contributed by atoms with Gasteiger partial charge in [0, 0.05) is 32.7 Å². The summed E-state index contributed by atoms with van der Waals surface area (Å²) in [5.41, 5.74) is 0.468. The van der Waals surface area contributed by atoms with Crippen molar-refractivity contribution in [1.82, 2.24) is 4.98 Å². The van der Waals surface area contributed by atoms with Gasteiger partial charge in [0.15, 0.2) is 0 Å². The minimum Gasteiger partial charge on any atom is -0.394 e. The summed E-state index contributed by atoms with van der Waals surface area (Å²) in [6.07, 6.45) is 5.44. The van der Waals surface area contributed by atoms with Crippen LogP contribution in [0.5, 0.6) is 0 Å². The molecule has 1 aromatic carbocycles. The zero-order valence-electron chi connectivity index (χ0n) is 9.87. The van der Waals surface area contributed by atoms with Crippen molar-refractivity contribution in [3.63, 3.8) is 0 Å². The fraction of sp³-hybridized carbons (Fsp3) is 0.0833. The number of nitrogens with one attached hydrogen (secondary N) is 1. The number of para-hydroxylation sites is 1. The summed E-state index contributed by atoms with van der Waals surface area (Å²) in [7, 11) is -3.16. The molecule has 6 heteroatoms. The van der Waals surface area contributed by atoms with Crippen LogP contribution in [0.15, 0.2) is 48.7 Å². The standard InChI is InChI=1S/C7H8NO2S.C5H4N.Y/c1-11(9,10)8-7-5-3-2-4-6-7;1-2-4-6-5-3-1;/h2-5,8H,1H3;1-4H;/q2*-1;. The summed E-state index contributed by atoms with van der Waals surface area (Å²) in [5, 5.41) is 0. The molecular weight excluding hydrogens is 325 g/mol. The van der Waals surface area contributed by atoms with E-state index in [4.69, 9.17) is 0 Å². The Balaban J connectivity index is 0.000000352. The van der Waals surface area contributed by atoms with Gasteiger partial charge in [-0.2, -0.15) is 42.5 Å². The van der Waals surface area contributed by atoms with E-state index in [1.54, 1.807) is 36.5 Å². The maximum Gasteiger partial charge on any atom is 0.227 e. The summed E-state index contributed by atoms with van der Waals surface area (Å²) in [6.45, 7) is 0. The van der Waals surface area contributed by atoms with Gasteiger partial charge in [0.25, 0.3) is 0 Å². The Hall–Kier alpha value is -0.776. The third-order valence-corrected chi connectivity index (χ3v) is 2.11. The van der Waals surface area contributed by atoms with Crippen LogP contribution >= 0.6 is 0 Å². The molecule has 0 unspecified atom stereocenters. The molecule has 4 nitrogen and oxygen atoms in total. The number of hydrogen-bond acceptors (Lipinski definition) is 3. The molecule has 0 aliphatic rings. The monoisotopic (exact) mass is 337 g/mol. The van der Waals surface area contributed by atoms with Crippen molar-refractivity contribution in [3.05, 3.63) is 60.9 Å². The molecule has 2 rings (SSSR count). The van der Waals surface area contributed by atoms with Gasteiger partial charge in [-0.1, -0.05) is 18.1 Å². The van der Waals surface area contributed by atoms with Gasteiger partial charge in [-0.25, -0.2) is 8.42 Å². The van der Waals surface area contributed by atoms with Crippen LogP contribution in [-0.2, 0) is 42.7 Å². The zero-order valence-corrected chi connectivity index (χ0v) is 13.5. The van der Waals surface area contributed by atoms with Gasteiger partial charge in [0.05, 0.1) is 6.26 Å². The third-order valence-electron chi connectivity index (χ3n) is 1.52. The quantitative estimate of drug-likeness (QED) is 0.850. The fourth-order valence-corrected chi connectivity index (χ4v) is 1.46. The summed E-state index contributed by atoms with van der Waals surface area (Å²) in [6, 6.07) is 15.0. The van der Waals surface area contributed by atoms with E-state index in [1.165, 1.54) is 0 Å². The van der Waals surface area contributed by atoms with Gasteiger partial charge in [0.1, 0.15) is 0 Å². The van der Waals surface area contributed by atoms with Gasteiger partial charge in [0.2, 0.25) is 10.0 Å². The number of rotatable bonds is 2. The van der Waals surface area contributed by atoms with E-state index in [0.717, 1.165) is 6.26 Å². The van der Waals surface area contributed by atoms with E-state index in [9.17, 15) is 8.42 Å². The van der Waals surface area contributed by atoms with Crippen molar-refractivity contribution in [3.8, 4) is 0 Å². The minimum atomic E-state index is -3.16. The second-order valence-electron chi connectivity index (χ2n) is 3.11. The Bertz CT molecular complexity index is 492. The molecule has 0 amide bonds. The largest absolute Gasteiger partial charge is 0.394 e. The zero-order chi connectivity index (χ0) is 12.6. The first-order chi connectivity index (χ1) is 8.08. The SMILES string of the molecule is CS(=O)(=O)Nc1[c-]cccc1.[Y].[c-]1ccccn1. The van der Waals surface area contributed by atoms with Gasteiger partial charge in [-0.3, -0.25) is 0 Å². The Kier molecular flexibility index (Phi) is 8.80. The van der Waals surface area contributed by atoms with Gasteiger partial charge in [-0.15, -0.1) is 6.07 Å². The molecule has 0 aliphatic carbocycles. The number of aromatic nitrogens is 1. The molecular formula is C12H12N2O2SY-2. The van der Waals surface area contributed by atoms with Crippen LogP contribution in [0.1, 0.15) is 0 Å². The number of pyridine rings is 1. The molecule has 0 saturated carbocycles. The Morgan fingerprint density at radius 2 is 1.89 bits per heavy atom. The summed E-state index contributed by atoms with van der Waals surface area (Å²) >= 11 is 0. The maximum atomic E-state index is 10.7. The average molecular weight is 337 g/mol. The molecule has 1 radical (unpaired) electrons. The van der Waals surface area contributed by atoms with Crippen molar-refractivity contribution < 1.29 is 41.1 Å². The minimum absolute atomic E-state index is 0. The van der Waals surface area contributed by atoms with E-state index >= 15 is 0 Å². The van der Waals surface area contributed by atoms with E-state index < -0.39 is 10.0 Å². The first-order valence-electron chi connectivity index (χ1n) is 4.79. The molecule has 18 heavy (non-hydrogen) atoms. The van der Waals surface area contributed by atoms with Crippen LogP contribution in [0.25, 0.3) is 0 Å². The van der Waals surface area contributed by atoms with Crippen LogP contribution in [0, 0.1) is 12.3 Å². The maximum absolute atomic E-state index is 10.7. The molecule has 0 fully saturated rings. The molecule has 0 spiro atoms. The molecule has 2 aromatic rings. The molecule has 0 saturated heterocycles. The molecule has 0 aliphatic heterocycles. The van der Waals surface area contributed by atoms with E-state index in [1.807, 2.05) is 12.1 Å². The Labute approximate surface area is 133 Å². The topological polar surface area (TPSA) is 59.1 Å². The molecule has 0 bridgehead atoms. The third kappa shape index (κ3) is 9.27. The Morgan fingerprint density at radius 3 is 2.22 bits per heavy atom. The number of sulfonamides is 1. The number of nitrogens with zero attached hydrogens (tertiary/aromatic N) is 1. The number of anilines is 1. The number of hydrogen-bond donors (Lipinski definition) is 1. The molecule has 1 heterocycles. The summed E-state index contributed by atoms with van der Waals surface area (Å²) in [5.74, 6) is 0. The molecule has 1 aromatic heterocycles. The van der Waals surface area contributed by atoms with Crippen molar-refractivity contribution in [2.24, 2.45) is 0 Å². The van der Waals surface area contributed by atoms with Crippen LogP contribution in [-0.4, -0.2) is 19.7 Å². The molecule has 93 valence electrons. The van der Waals surface area contributed by atoms with E-state index in [2.05, 4.69) is 22.0 Å². The molecule has 1 N–H and O–H groups in total. The normalized spacial score (nSPS) is 9.39. The van der Waals surface area contributed by atoms with Gasteiger partial charge >= 0.3 is 0 Å². The van der Waals surface area contributed by atoms with Crippen molar-refractivity contribution in [2.75, 3.05) is 11.0 Å². The predicted octanol–water partition coefficient (Wildman–Crippen LogP) is 1.74. The molecule has 0 atom stereocenters. The van der Waals surface area contributed by atoms with Crippen LogP contribution in [0.2, 0.25) is 0 Å². The smallest absolute Gasteiger partial charge is 0.227 e. The average Bonchev–Trinajstić information content (AvgIpc) is 2.31. The Morgan fingerprint density at radius 1 is 1.17 bits per heavy atom. The van der Waals surface area contributed by atoms with E-state index in [-0.39, 0.29) is 32.7 Å². The van der Waals surface area contributed by atoms with Crippen molar-refractivity contribution in [2.45, 2.75) is 0 Å². The van der Waals surface area contributed by atoms with Gasteiger partial charge in [-0.05, 0) is 0 Å². The predicted molar refractivity (Wildman–Crippen MR) is 66.8 cm³/mol. The van der Waals surface area contributed by atoms with Crippen LogP contribution in [0.3, 0.4) is 0 Å². The number of benzene rings is 1. The van der Waals surface area contributed by atoms with Crippen LogP contribution in [0.4, 0.5) is 5.69 Å². The van der Waals surface area contributed by atoms with Crippen molar-refractivity contribution >= 4 is 15.7 Å². The first kappa shape index (κ1) is 17.2. The second-order valence-corrected chi connectivity index (χ2v) is 4.86. The van der Waals surface area contributed by atoms with Crippen LogP contribution < -0.4 is 4.72 Å². The summed E-state index contributed by atoms with van der Waals surface area (Å²) < 4.78 is 23.6. The van der Waals surface area contributed by atoms with Gasteiger partial charge < -0.3 is 9.71 Å².